The van der Waals surface area contributed by atoms with Gasteiger partial charge in [-0.25, -0.2) is 14.2 Å². The number of carboxylic acids is 1. The number of pyridine rings is 1. The Labute approximate surface area is 122 Å². The molecule has 0 saturated carbocycles. The van der Waals surface area contributed by atoms with E-state index < -0.39 is 16.7 Å². The van der Waals surface area contributed by atoms with E-state index in [0.717, 1.165) is 6.07 Å². The van der Waals surface area contributed by atoms with Crippen molar-refractivity contribution in [3.05, 3.63) is 63.7 Å². The van der Waals surface area contributed by atoms with Crippen molar-refractivity contribution in [2.75, 3.05) is 0 Å². The normalized spacial score (nSPS) is 10.3. The number of nitro benzene ring substituents is 1. The van der Waals surface area contributed by atoms with Gasteiger partial charge < -0.3 is 5.11 Å². The van der Waals surface area contributed by atoms with Gasteiger partial charge in [-0.15, -0.1) is 11.8 Å². The molecule has 1 aromatic heterocycles. The van der Waals surface area contributed by atoms with Crippen LogP contribution in [0.25, 0.3) is 0 Å². The molecule has 2 aromatic rings. The summed E-state index contributed by atoms with van der Waals surface area (Å²) in [5.74, 6) is -1.54. The molecule has 2 rings (SSSR count). The van der Waals surface area contributed by atoms with Crippen LogP contribution in [0, 0.1) is 15.9 Å². The van der Waals surface area contributed by atoms with Gasteiger partial charge in [-0.3, -0.25) is 10.1 Å². The first-order chi connectivity index (χ1) is 9.95. The van der Waals surface area contributed by atoms with Crippen molar-refractivity contribution >= 4 is 23.4 Å². The van der Waals surface area contributed by atoms with Gasteiger partial charge >= 0.3 is 5.97 Å². The molecule has 0 aliphatic heterocycles. The number of aromatic nitrogens is 1. The minimum absolute atomic E-state index is 0.0924. The van der Waals surface area contributed by atoms with Gasteiger partial charge in [0.15, 0.2) is 0 Å². The van der Waals surface area contributed by atoms with Crippen LogP contribution in [-0.2, 0) is 5.75 Å². The van der Waals surface area contributed by atoms with Crippen LogP contribution in [0.4, 0.5) is 10.1 Å². The Morgan fingerprint density at radius 3 is 2.81 bits per heavy atom. The fraction of sp³-hybridized carbons (Fsp3) is 0.0769. The lowest BCUT2D eigenvalue weighted by molar-refractivity contribution is -0.385. The Hall–Kier alpha value is -2.48. The molecule has 1 heterocycles. The van der Waals surface area contributed by atoms with E-state index in [1.807, 2.05) is 0 Å². The highest BCUT2D eigenvalue weighted by Crippen LogP contribution is 2.25. The molecule has 0 atom stereocenters. The van der Waals surface area contributed by atoms with E-state index in [1.165, 1.54) is 36.2 Å². The summed E-state index contributed by atoms with van der Waals surface area (Å²) in [4.78, 5) is 25.1. The molecule has 0 radical (unpaired) electrons. The van der Waals surface area contributed by atoms with E-state index in [0.29, 0.717) is 10.5 Å². The van der Waals surface area contributed by atoms with Crippen molar-refractivity contribution in [2.45, 2.75) is 10.6 Å². The number of aromatic carboxylic acids is 1. The first kappa shape index (κ1) is 14.9. The second-order valence-electron chi connectivity index (χ2n) is 4.05. The molecule has 0 aliphatic carbocycles. The van der Waals surface area contributed by atoms with Crippen molar-refractivity contribution in [2.24, 2.45) is 0 Å². The molecule has 1 N–H and O–H groups in total. The first-order valence-corrected chi connectivity index (χ1v) is 6.70. The number of rotatable bonds is 5. The van der Waals surface area contributed by atoms with E-state index in [1.54, 1.807) is 6.07 Å². The zero-order valence-electron chi connectivity index (χ0n) is 10.5. The maximum Gasteiger partial charge on any atom is 0.354 e. The van der Waals surface area contributed by atoms with Crippen molar-refractivity contribution in [1.82, 2.24) is 4.98 Å². The number of hydrogen-bond acceptors (Lipinski definition) is 5. The van der Waals surface area contributed by atoms with Gasteiger partial charge in [-0.05, 0) is 23.8 Å². The molecule has 0 bridgehead atoms. The third-order valence-corrected chi connectivity index (χ3v) is 3.57. The number of hydrogen-bond donors (Lipinski definition) is 1. The number of non-ortho nitro benzene ring substituents is 1. The number of halogens is 1. The number of carboxylic acid groups (broad SMARTS) is 1. The molecule has 8 heteroatoms. The number of thioether (sulfide) groups is 1. The minimum Gasteiger partial charge on any atom is -0.477 e. The Kier molecular flexibility index (Phi) is 4.49. The summed E-state index contributed by atoms with van der Waals surface area (Å²) >= 11 is 1.24. The second kappa shape index (κ2) is 6.31. The number of nitrogens with zero attached hydrogens (tertiary/aromatic N) is 2. The van der Waals surface area contributed by atoms with Crippen molar-refractivity contribution in [1.29, 1.82) is 0 Å². The van der Waals surface area contributed by atoms with Gasteiger partial charge in [0.2, 0.25) is 0 Å². The van der Waals surface area contributed by atoms with Crippen molar-refractivity contribution in [3.63, 3.8) is 0 Å². The predicted molar refractivity (Wildman–Crippen MR) is 73.8 cm³/mol. The largest absolute Gasteiger partial charge is 0.477 e. The quantitative estimate of drug-likeness (QED) is 0.518. The molecule has 21 heavy (non-hydrogen) atoms. The van der Waals surface area contributed by atoms with Crippen LogP contribution in [0.5, 0.6) is 0 Å². The van der Waals surface area contributed by atoms with E-state index in [2.05, 4.69) is 4.98 Å². The zero-order valence-corrected chi connectivity index (χ0v) is 11.3. The average molecular weight is 308 g/mol. The molecule has 0 spiro atoms. The molecule has 6 nitrogen and oxygen atoms in total. The van der Waals surface area contributed by atoms with Gasteiger partial charge in [-0.2, -0.15) is 0 Å². The van der Waals surface area contributed by atoms with Crippen LogP contribution in [-0.4, -0.2) is 21.0 Å². The van der Waals surface area contributed by atoms with Crippen molar-refractivity contribution < 1.29 is 19.2 Å². The van der Waals surface area contributed by atoms with Gasteiger partial charge in [0.05, 0.1) is 11.0 Å². The smallest absolute Gasteiger partial charge is 0.354 e. The summed E-state index contributed by atoms with van der Waals surface area (Å²) in [7, 11) is 0. The fourth-order valence-corrected chi connectivity index (χ4v) is 2.46. The third kappa shape index (κ3) is 3.99. The van der Waals surface area contributed by atoms with Crippen LogP contribution < -0.4 is 0 Å². The molecule has 0 fully saturated rings. The first-order valence-electron chi connectivity index (χ1n) is 5.72. The average Bonchev–Trinajstić information content (AvgIpc) is 2.45. The van der Waals surface area contributed by atoms with Gasteiger partial charge in [0.1, 0.15) is 11.5 Å². The summed E-state index contributed by atoms with van der Waals surface area (Å²) in [6.45, 7) is 0. The molecule has 0 unspecified atom stereocenters. The topological polar surface area (TPSA) is 93.3 Å². The Bertz CT molecular complexity index is 708. The lowest BCUT2D eigenvalue weighted by Crippen LogP contribution is -1.99. The Morgan fingerprint density at radius 1 is 1.38 bits per heavy atom. The van der Waals surface area contributed by atoms with Crippen molar-refractivity contribution in [3.8, 4) is 0 Å². The maximum atomic E-state index is 13.3. The Balaban J connectivity index is 2.14. The predicted octanol–water partition coefficient (Wildman–Crippen LogP) is 3.12. The maximum absolute atomic E-state index is 13.3. The lowest BCUT2D eigenvalue weighted by atomic mass is 10.2. The number of benzene rings is 1. The SMILES string of the molecule is O=C(O)c1cc(SCc2cc(F)cc([N+](=O)[O-])c2)ccn1. The van der Waals surface area contributed by atoms with Crippen LogP contribution in [0.2, 0.25) is 0 Å². The van der Waals surface area contributed by atoms with Crippen LogP contribution in [0.15, 0.2) is 41.4 Å². The minimum atomic E-state index is -1.14. The summed E-state index contributed by atoms with van der Waals surface area (Å²) in [5.41, 5.74) is 0.0390. The van der Waals surface area contributed by atoms with Gasteiger partial charge in [-0.1, -0.05) is 0 Å². The van der Waals surface area contributed by atoms with Gasteiger partial charge in [0.25, 0.3) is 5.69 Å². The van der Waals surface area contributed by atoms with Gasteiger partial charge in [0, 0.05) is 22.9 Å². The number of nitro groups is 1. The molecule has 0 aliphatic rings. The fourth-order valence-electron chi connectivity index (χ4n) is 1.61. The van der Waals surface area contributed by atoms with E-state index >= 15 is 0 Å². The molecule has 1 aromatic carbocycles. The Morgan fingerprint density at radius 2 is 2.14 bits per heavy atom. The van der Waals surface area contributed by atoms with E-state index in [-0.39, 0.29) is 17.1 Å². The van der Waals surface area contributed by atoms with Crippen LogP contribution in [0.3, 0.4) is 0 Å². The summed E-state index contributed by atoms with van der Waals surface area (Å²) < 4.78 is 13.3. The molecule has 108 valence electrons. The molecule has 0 amide bonds. The molecule has 0 saturated heterocycles. The molecular weight excluding hydrogens is 299 g/mol. The third-order valence-electron chi connectivity index (χ3n) is 2.51. The highest BCUT2D eigenvalue weighted by molar-refractivity contribution is 7.98. The standard InChI is InChI=1S/C13H9FN2O4S/c14-9-3-8(4-10(5-9)16(19)20)7-21-11-1-2-15-12(6-11)13(17)18/h1-6H,7H2,(H,17,18). The second-order valence-corrected chi connectivity index (χ2v) is 5.09. The summed E-state index contributed by atoms with van der Waals surface area (Å²) in [5, 5.41) is 19.5. The number of carbonyl (C=O) groups is 1. The summed E-state index contributed by atoms with van der Waals surface area (Å²) in [6, 6.07) is 6.35. The van der Waals surface area contributed by atoms with Crippen LogP contribution >= 0.6 is 11.8 Å². The highest BCUT2D eigenvalue weighted by atomic mass is 32.2. The van der Waals surface area contributed by atoms with E-state index in [9.17, 15) is 19.3 Å². The monoisotopic (exact) mass is 308 g/mol. The lowest BCUT2D eigenvalue weighted by Gasteiger charge is -2.03. The zero-order chi connectivity index (χ0) is 15.4. The molecular formula is C13H9FN2O4S. The van der Waals surface area contributed by atoms with Crippen LogP contribution in [0.1, 0.15) is 16.1 Å². The highest BCUT2D eigenvalue weighted by Gasteiger charge is 2.11. The summed E-state index contributed by atoms with van der Waals surface area (Å²) in [6.07, 6.45) is 1.36. The van der Waals surface area contributed by atoms with E-state index in [4.69, 9.17) is 5.11 Å².